The molecule has 0 bridgehead atoms. The molecule has 0 aliphatic carbocycles. The molecule has 1 aromatic rings. The highest BCUT2D eigenvalue weighted by atomic mass is 16.5. The topological polar surface area (TPSA) is 58.6 Å². The van der Waals surface area contributed by atoms with Crippen molar-refractivity contribution in [2.75, 3.05) is 13.2 Å². The van der Waals surface area contributed by atoms with Crippen molar-refractivity contribution in [1.82, 2.24) is 5.32 Å². The van der Waals surface area contributed by atoms with Gasteiger partial charge in [0.2, 0.25) is 0 Å². The van der Waals surface area contributed by atoms with Crippen LogP contribution in [0, 0.1) is 0 Å². The van der Waals surface area contributed by atoms with Crippen LogP contribution in [-0.2, 0) is 17.8 Å². The molecule has 2 rings (SSSR count). The van der Waals surface area contributed by atoms with Gasteiger partial charge in [0.15, 0.2) is 0 Å². The standard InChI is InChI=1S/C11H13NO3/c13-11(14)7-12-6-8-1-2-10-9(5-8)3-4-15-10/h1-2,5,12H,3-4,6-7H2,(H,13,14). The van der Waals surface area contributed by atoms with Gasteiger partial charge >= 0.3 is 5.97 Å². The van der Waals surface area contributed by atoms with Crippen LogP contribution < -0.4 is 10.1 Å². The summed E-state index contributed by atoms with van der Waals surface area (Å²) in [5.41, 5.74) is 2.31. The van der Waals surface area contributed by atoms with Crippen LogP contribution in [0.25, 0.3) is 0 Å². The van der Waals surface area contributed by atoms with E-state index >= 15 is 0 Å². The van der Waals surface area contributed by atoms with Crippen molar-refractivity contribution in [2.45, 2.75) is 13.0 Å². The summed E-state index contributed by atoms with van der Waals surface area (Å²) in [5.74, 6) is 0.122. The second-order valence-electron chi connectivity index (χ2n) is 3.54. The van der Waals surface area contributed by atoms with Crippen LogP contribution in [-0.4, -0.2) is 24.2 Å². The summed E-state index contributed by atoms with van der Waals surface area (Å²) in [7, 11) is 0. The maximum absolute atomic E-state index is 10.3. The van der Waals surface area contributed by atoms with Crippen molar-refractivity contribution in [2.24, 2.45) is 0 Å². The monoisotopic (exact) mass is 207 g/mol. The van der Waals surface area contributed by atoms with E-state index in [9.17, 15) is 4.79 Å². The molecule has 0 unspecified atom stereocenters. The highest BCUT2D eigenvalue weighted by Crippen LogP contribution is 2.25. The van der Waals surface area contributed by atoms with Gasteiger partial charge in [0.1, 0.15) is 5.75 Å². The third-order valence-electron chi connectivity index (χ3n) is 2.36. The first-order chi connectivity index (χ1) is 7.25. The molecule has 4 nitrogen and oxygen atoms in total. The Morgan fingerprint density at radius 2 is 2.40 bits per heavy atom. The van der Waals surface area contributed by atoms with E-state index in [1.54, 1.807) is 0 Å². The van der Waals surface area contributed by atoms with E-state index in [4.69, 9.17) is 9.84 Å². The second-order valence-corrected chi connectivity index (χ2v) is 3.54. The molecule has 4 heteroatoms. The van der Waals surface area contributed by atoms with Gasteiger partial charge in [-0.05, 0) is 17.2 Å². The smallest absolute Gasteiger partial charge is 0.317 e. The van der Waals surface area contributed by atoms with Crippen molar-refractivity contribution in [1.29, 1.82) is 0 Å². The molecule has 1 heterocycles. The Hall–Kier alpha value is -1.55. The SMILES string of the molecule is O=C(O)CNCc1ccc2c(c1)CCO2. The Bertz CT molecular complexity index is 376. The predicted molar refractivity (Wildman–Crippen MR) is 55.0 cm³/mol. The number of hydrogen-bond acceptors (Lipinski definition) is 3. The van der Waals surface area contributed by atoms with Gasteiger partial charge in [-0.3, -0.25) is 4.79 Å². The van der Waals surface area contributed by atoms with E-state index in [1.807, 2.05) is 12.1 Å². The van der Waals surface area contributed by atoms with Gasteiger partial charge in [0.25, 0.3) is 0 Å². The van der Waals surface area contributed by atoms with Crippen LogP contribution >= 0.6 is 0 Å². The number of rotatable bonds is 4. The van der Waals surface area contributed by atoms with Crippen molar-refractivity contribution in [3.63, 3.8) is 0 Å². The molecule has 0 saturated heterocycles. The van der Waals surface area contributed by atoms with E-state index < -0.39 is 5.97 Å². The Kier molecular flexibility index (Phi) is 2.87. The number of fused-ring (bicyclic) bond motifs is 1. The maximum Gasteiger partial charge on any atom is 0.317 e. The minimum absolute atomic E-state index is 0.00636. The summed E-state index contributed by atoms with van der Waals surface area (Å²) in [5, 5.41) is 11.3. The van der Waals surface area contributed by atoms with Gasteiger partial charge in [0, 0.05) is 13.0 Å². The second kappa shape index (κ2) is 4.31. The summed E-state index contributed by atoms with van der Waals surface area (Å²) >= 11 is 0. The molecule has 1 aliphatic heterocycles. The number of ether oxygens (including phenoxy) is 1. The van der Waals surface area contributed by atoms with Crippen LogP contribution in [0.4, 0.5) is 0 Å². The highest BCUT2D eigenvalue weighted by Gasteiger charge is 2.11. The molecule has 0 saturated carbocycles. The molecular formula is C11H13NO3. The first-order valence-electron chi connectivity index (χ1n) is 4.93. The fraction of sp³-hybridized carbons (Fsp3) is 0.364. The van der Waals surface area contributed by atoms with E-state index in [2.05, 4.69) is 11.4 Å². The lowest BCUT2D eigenvalue weighted by Crippen LogP contribution is -2.21. The number of hydrogen-bond donors (Lipinski definition) is 2. The average Bonchev–Trinajstić information content (AvgIpc) is 2.64. The largest absolute Gasteiger partial charge is 0.493 e. The van der Waals surface area contributed by atoms with E-state index in [0.29, 0.717) is 6.54 Å². The summed E-state index contributed by atoms with van der Waals surface area (Å²) in [6.07, 6.45) is 0.947. The molecule has 0 fully saturated rings. The zero-order chi connectivity index (χ0) is 10.7. The molecule has 0 aromatic heterocycles. The van der Waals surface area contributed by atoms with Crippen LogP contribution in [0.5, 0.6) is 5.75 Å². The molecule has 0 atom stereocenters. The van der Waals surface area contributed by atoms with Crippen LogP contribution in [0.15, 0.2) is 18.2 Å². The molecule has 0 radical (unpaired) electrons. The molecule has 80 valence electrons. The van der Waals surface area contributed by atoms with Crippen molar-refractivity contribution in [3.8, 4) is 5.75 Å². The molecular weight excluding hydrogens is 194 g/mol. The summed E-state index contributed by atoms with van der Waals surface area (Å²) in [6, 6.07) is 5.97. The number of aliphatic carboxylic acids is 1. The zero-order valence-electron chi connectivity index (χ0n) is 8.32. The van der Waals surface area contributed by atoms with E-state index in [-0.39, 0.29) is 6.54 Å². The average molecular weight is 207 g/mol. The van der Waals surface area contributed by atoms with Crippen LogP contribution in [0.2, 0.25) is 0 Å². The van der Waals surface area contributed by atoms with Crippen LogP contribution in [0.3, 0.4) is 0 Å². The van der Waals surface area contributed by atoms with E-state index in [0.717, 1.165) is 24.3 Å². The summed E-state index contributed by atoms with van der Waals surface area (Å²) in [4.78, 5) is 10.3. The third kappa shape index (κ3) is 2.47. The molecule has 1 aromatic carbocycles. The Labute approximate surface area is 87.9 Å². The van der Waals surface area contributed by atoms with Crippen molar-refractivity contribution >= 4 is 5.97 Å². The first kappa shape index (κ1) is 9.98. The number of carboxylic acid groups (broad SMARTS) is 1. The fourth-order valence-electron chi connectivity index (χ4n) is 1.66. The zero-order valence-corrected chi connectivity index (χ0v) is 8.32. The first-order valence-corrected chi connectivity index (χ1v) is 4.93. The number of benzene rings is 1. The number of nitrogens with one attached hydrogen (secondary N) is 1. The Balaban J connectivity index is 1.95. The minimum Gasteiger partial charge on any atom is -0.493 e. The predicted octanol–water partition coefficient (Wildman–Crippen LogP) is 0.796. The summed E-state index contributed by atoms with van der Waals surface area (Å²) in [6.45, 7) is 1.33. The van der Waals surface area contributed by atoms with Gasteiger partial charge in [-0.25, -0.2) is 0 Å². The van der Waals surface area contributed by atoms with Crippen LogP contribution in [0.1, 0.15) is 11.1 Å². The van der Waals surface area contributed by atoms with Gasteiger partial charge in [-0.1, -0.05) is 12.1 Å². The molecule has 2 N–H and O–H groups in total. The van der Waals surface area contributed by atoms with Gasteiger partial charge in [0.05, 0.1) is 13.2 Å². The summed E-state index contributed by atoms with van der Waals surface area (Å²) < 4.78 is 5.38. The Morgan fingerprint density at radius 1 is 1.53 bits per heavy atom. The van der Waals surface area contributed by atoms with Gasteiger partial charge < -0.3 is 15.2 Å². The molecule has 0 spiro atoms. The minimum atomic E-state index is -0.834. The Morgan fingerprint density at radius 3 is 3.20 bits per heavy atom. The molecule has 15 heavy (non-hydrogen) atoms. The fourth-order valence-corrected chi connectivity index (χ4v) is 1.66. The van der Waals surface area contributed by atoms with E-state index in [1.165, 1.54) is 5.56 Å². The quantitative estimate of drug-likeness (QED) is 0.766. The normalized spacial score (nSPS) is 13.3. The lowest BCUT2D eigenvalue weighted by Gasteiger charge is -2.04. The lowest BCUT2D eigenvalue weighted by atomic mass is 10.1. The molecule has 1 aliphatic rings. The lowest BCUT2D eigenvalue weighted by molar-refractivity contribution is -0.135. The number of carbonyl (C=O) groups is 1. The van der Waals surface area contributed by atoms with Crippen molar-refractivity contribution in [3.05, 3.63) is 29.3 Å². The molecule has 0 amide bonds. The van der Waals surface area contributed by atoms with Crippen molar-refractivity contribution < 1.29 is 14.6 Å². The van der Waals surface area contributed by atoms with Gasteiger partial charge in [-0.15, -0.1) is 0 Å². The number of carboxylic acids is 1. The maximum atomic E-state index is 10.3. The van der Waals surface area contributed by atoms with Gasteiger partial charge in [-0.2, -0.15) is 0 Å². The third-order valence-corrected chi connectivity index (χ3v) is 2.36. The highest BCUT2D eigenvalue weighted by molar-refractivity contribution is 5.69.